The van der Waals surface area contributed by atoms with E-state index in [1.807, 2.05) is 72.8 Å². The first-order chi connectivity index (χ1) is 24.8. The highest BCUT2D eigenvalue weighted by Gasteiger charge is 2.51. The van der Waals surface area contributed by atoms with Crippen molar-refractivity contribution in [1.29, 1.82) is 0 Å². The van der Waals surface area contributed by atoms with Gasteiger partial charge in [0.2, 0.25) is 0 Å². The molecule has 2 N–H and O–H groups in total. The Kier molecular flexibility index (Phi) is 14.8. The predicted molar refractivity (Wildman–Crippen MR) is 213 cm³/mol. The Morgan fingerprint density at radius 3 is 1.04 bits per heavy atom. The number of nitrogens with one attached hydrogen (secondary N) is 2. The van der Waals surface area contributed by atoms with Gasteiger partial charge in [0.15, 0.2) is 13.2 Å². The quantitative estimate of drug-likeness (QED) is 0.0829. The fourth-order valence-corrected chi connectivity index (χ4v) is 16.3. The van der Waals surface area contributed by atoms with Crippen LogP contribution in [0.1, 0.15) is 41.5 Å². The summed E-state index contributed by atoms with van der Waals surface area (Å²) in [5.41, 5.74) is 0. The van der Waals surface area contributed by atoms with Gasteiger partial charge in [0, 0.05) is 17.7 Å². The van der Waals surface area contributed by atoms with Gasteiger partial charge in [-0.25, -0.2) is 0 Å². The van der Waals surface area contributed by atoms with Gasteiger partial charge in [0.25, 0.3) is 28.4 Å². The third-order valence-corrected chi connectivity index (χ3v) is 19.7. The molecule has 0 aliphatic carbocycles. The molecule has 0 radical (unpaired) electrons. The van der Waals surface area contributed by atoms with E-state index in [9.17, 15) is 14.2 Å². The molecule has 0 aliphatic heterocycles. The Bertz CT molecular complexity index is 1510. The summed E-state index contributed by atoms with van der Waals surface area (Å²) in [7, 11) is -8.16. The van der Waals surface area contributed by atoms with Gasteiger partial charge >= 0.3 is 8.25 Å². The molecule has 4 rings (SSSR count). The van der Waals surface area contributed by atoms with E-state index in [-0.39, 0.29) is 36.4 Å². The lowest BCUT2D eigenvalue weighted by Crippen LogP contribution is -2.67. The summed E-state index contributed by atoms with van der Waals surface area (Å²) in [6, 6.07) is 41.0. The first kappa shape index (κ1) is 41.0. The van der Waals surface area contributed by atoms with Crippen molar-refractivity contribution in [2.45, 2.75) is 51.6 Å². The zero-order valence-electron chi connectivity index (χ0n) is 31.1. The van der Waals surface area contributed by atoms with E-state index in [0.29, 0.717) is 0 Å². The third kappa shape index (κ3) is 10.2. The second kappa shape index (κ2) is 18.8. The normalized spacial score (nSPS) is 12.3. The molecule has 0 spiro atoms. The first-order valence-electron chi connectivity index (χ1n) is 17.6. The van der Waals surface area contributed by atoms with Crippen LogP contribution in [-0.2, 0) is 32.1 Å². The lowest BCUT2D eigenvalue weighted by atomic mass is 10.2. The summed E-state index contributed by atoms with van der Waals surface area (Å²) < 4.78 is 36.1. The molecular formula is C40H52N2O7PSi2+. The third-order valence-electron chi connectivity index (χ3n) is 8.92. The van der Waals surface area contributed by atoms with Gasteiger partial charge in [0.1, 0.15) is 0 Å². The molecule has 276 valence electrons. The second-order valence-corrected chi connectivity index (χ2v) is 24.1. The van der Waals surface area contributed by atoms with E-state index in [0.717, 1.165) is 20.7 Å². The summed E-state index contributed by atoms with van der Waals surface area (Å²) in [6.45, 7) is 13.2. The van der Waals surface area contributed by atoms with Crippen LogP contribution in [0.4, 0.5) is 0 Å². The van der Waals surface area contributed by atoms with Crippen molar-refractivity contribution < 1.29 is 32.1 Å². The molecule has 4 aromatic carbocycles. The lowest BCUT2D eigenvalue weighted by Gasteiger charge is -2.43. The van der Waals surface area contributed by atoms with Crippen molar-refractivity contribution >= 4 is 57.5 Å². The first-order valence-corrected chi connectivity index (χ1v) is 22.5. The summed E-state index contributed by atoms with van der Waals surface area (Å²) >= 11 is 0. The number of benzene rings is 4. The Morgan fingerprint density at radius 2 is 0.788 bits per heavy atom. The van der Waals surface area contributed by atoms with Crippen LogP contribution in [-0.4, -0.2) is 68.0 Å². The summed E-state index contributed by atoms with van der Waals surface area (Å²) in [6.07, 6.45) is 0. The van der Waals surface area contributed by atoms with Crippen molar-refractivity contribution in [3.05, 3.63) is 121 Å². The van der Waals surface area contributed by atoms with Gasteiger partial charge in [0.05, 0.1) is 13.2 Å². The molecule has 0 aromatic heterocycles. The zero-order valence-corrected chi connectivity index (χ0v) is 34.0. The zero-order chi connectivity index (χ0) is 37.7. The number of carbonyl (C=O) groups excluding carboxylic acids is 2. The highest BCUT2D eigenvalue weighted by Crippen LogP contribution is 2.37. The molecule has 0 unspecified atom stereocenters. The van der Waals surface area contributed by atoms with Crippen LogP contribution in [0.2, 0.25) is 10.1 Å². The monoisotopic (exact) mass is 759 g/mol. The van der Waals surface area contributed by atoms with E-state index in [1.165, 1.54) is 0 Å². The van der Waals surface area contributed by atoms with Crippen LogP contribution in [0.25, 0.3) is 0 Å². The van der Waals surface area contributed by atoms with Crippen LogP contribution in [0.5, 0.6) is 0 Å². The number of hydrogen-bond donors (Lipinski definition) is 2. The van der Waals surface area contributed by atoms with Crippen molar-refractivity contribution in [2.24, 2.45) is 0 Å². The van der Waals surface area contributed by atoms with Gasteiger partial charge < -0.3 is 19.5 Å². The molecule has 0 fully saturated rings. The van der Waals surface area contributed by atoms with Crippen molar-refractivity contribution in [2.75, 3.05) is 39.5 Å². The molecule has 9 nitrogen and oxygen atoms in total. The highest BCUT2D eigenvalue weighted by atomic mass is 31.1. The average Bonchev–Trinajstić information content (AvgIpc) is 3.13. The van der Waals surface area contributed by atoms with Crippen LogP contribution in [0.15, 0.2) is 121 Å². The molecule has 4 aromatic rings. The molecule has 0 heterocycles. The van der Waals surface area contributed by atoms with E-state index >= 15 is 0 Å². The number of hydrogen-bond acceptors (Lipinski definition) is 7. The lowest BCUT2D eigenvalue weighted by molar-refractivity contribution is -0.123. The van der Waals surface area contributed by atoms with E-state index in [1.54, 1.807) is 0 Å². The standard InChI is InChI=1S/C40H51N2O7PSi2/c1-39(2,3)51(33-19-11-7-12-20-33,34-21-13-8-14-22-34)48-29-27-41-37(43)31-46-50(45)47-32-38(44)42-28-30-49-52(40(4,5)6,35-23-15-9-16-24-35)36-25-17-10-18-26-36/h7-26H,27-32H2,1-6H3,(H-,41,42,43,44)/p+1. The molecule has 52 heavy (non-hydrogen) atoms. The van der Waals surface area contributed by atoms with Gasteiger partial charge in [-0.1, -0.05) is 163 Å². The molecule has 0 aliphatic rings. The van der Waals surface area contributed by atoms with Crippen LogP contribution in [0, 0.1) is 0 Å². The van der Waals surface area contributed by atoms with Gasteiger partial charge in [-0.15, -0.1) is 9.05 Å². The van der Waals surface area contributed by atoms with Crippen LogP contribution in [0.3, 0.4) is 0 Å². The highest BCUT2D eigenvalue weighted by molar-refractivity contribution is 7.33. The predicted octanol–water partition coefficient (Wildman–Crippen LogP) is 5.06. The number of carbonyl (C=O) groups is 2. The maximum Gasteiger partial charge on any atom is 0.698 e. The largest absolute Gasteiger partial charge is 0.698 e. The second-order valence-electron chi connectivity index (χ2n) is 14.5. The average molecular weight is 760 g/mol. The SMILES string of the molecule is CC(C)(C)[Si](OCCNC(=O)CO[P+](=O)OCC(=O)NCCO[Si](c1ccccc1)(c1ccccc1)C(C)(C)C)(c1ccccc1)c1ccccc1. The van der Waals surface area contributed by atoms with Crippen molar-refractivity contribution in [3.8, 4) is 0 Å². The van der Waals surface area contributed by atoms with E-state index < -0.39 is 49.9 Å². The van der Waals surface area contributed by atoms with Crippen molar-refractivity contribution in [1.82, 2.24) is 10.6 Å². The van der Waals surface area contributed by atoms with Crippen LogP contribution < -0.4 is 31.4 Å². The molecule has 2 amide bonds. The maximum absolute atomic E-state index is 12.5. The Hall–Kier alpha value is -3.81. The summed E-state index contributed by atoms with van der Waals surface area (Å²) in [4.78, 5) is 25.0. The van der Waals surface area contributed by atoms with Crippen molar-refractivity contribution in [3.63, 3.8) is 0 Å². The molecule has 0 bridgehead atoms. The molecular weight excluding hydrogens is 708 g/mol. The van der Waals surface area contributed by atoms with Gasteiger partial charge in [-0.2, -0.15) is 0 Å². The maximum atomic E-state index is 12.5. The van der Waals surface area contributed by atoms with Crippen LogP contribution >= 0.6 is 8.25 Å². The fourth-order valence-electron chi connectivity index (χ4n) is 6.67. The summed E-state index contributed by atoms with van der Waals surface area (Å²) in [5.74, 6) is -0.939. The Balaban J connectivity index is 1.21. The Labute approximate surface area is 311 Å². The molecule has 0 saturated heterocycles. The molecule has 0 atom stereocenters. The van der Waals surface area contributed by atoms with E-state index in [4.69, 9.17) is 17.9 Å². The minimum absolute atomic E-state index is 0.194. The molecule has 0 saturated carbocycles. The minimum atomic E-state index is -2.73. The number of rotatable bonds is 18. The summed E-state index contributed by atoms with van der Waals surface area (Å²) in [5, 5.41) is 9.74. The van der Waals surface area contributed by atoms with E-state index in [2.05, 4.69) is 101 Å². The Morgan fingerprint density at radius 1 is 0.519 bits per heavy atom. The molecule has 12 heteroatoms. The topological polar surface area (TPSA) is 112 Å². The van der Waals surface area contributed by atoms with Gasteiger partial charge in [-0.3, -0.25) is 9.59 Å². The smallest absolute Gasteiger partial charge is 0.406 e. The van der Waals surface area contributed by atoms with Gasteiger partial charge in [-0.05, 0) is 30.8 Å². The fraction of sp³-hybridized carbons (Fsp3) is 0.350. The minimum Gasteiger partial charge on any atom is -0.406 e. The number of amides is 2.